The second-order valence-electron chi connectivity index (χ2n) is 15.2. The molecule has 46 heavy (non-hydrogen) atoms. The van der Waals surface area contributed by atoms with Crippen molar-refractivity contribution in [1.29, 1.82) is 0 Å². The maximum absolute atomic E-state index is 12.8. The van der Waals surface area contributed by atoms with Crippen molar-refractivity contribution in [3.63, 3.8) is 0 Å². The van der Waals surface area contributed by atoms with Crippen molar-refractivity contribution < 1.29 is 39.1 Å². The van der Waals surface area contributed by atoms with Gasteiger partial charge in [0.15, 0.2) is 6.29 Å². The van der Waals surface area contributed by atoms with Gasteiger partial charge in [-0.15, -0.1) is 0 Å². The zero-order valence-corrected chi connectivity index (χ0v) is 27.3. The van der Waals surface area contributed by atoms with Crippen molar-refractivity contribution in [2.24, 2.45) is 33.6 Å². The Balaban J connectivity index is 1.17. The highest BCUT2D eigenvalue weighted by molar-refractivity contribution is 5.85. The first-order valence-electron chi connectivity index (χ1n) is 17.3. The fourth-order valence-electron chi connectivity index (χ4n) is 10.8. The van der Waals surface area contributed by atoms with Gasteiger partial charge < -0.3 is 34.3 Å². The number of aliphatic hydroxyl groups is 3. The maximum Gasteiger partial charge on any atom is 0.331 e. The number of esters is 1. The summed E-state index contributed by atoms with van der Waals surface area (Å²) in [6.45, 7) is 4.87. The van der Waals surface area contributed by atoms with E-state index in [0.29, 0.717) is 45.3 Å². The molecular formula is C36H50N2O8. The zero-order valence-electron chi connectivity index (χ0n) is 27.3. The molecule has 0 spiro atoms. The third-order valence-corrected chi connectivity index (χ3v) is 13.3. The zero-order chi connectivity index (χ0) is 32.3. The Hall–Kier alpha value is -2.21. The highest BCUT2D eigenvalue weighted by Gasteiger charge is 2.71. The predicted octanol–water partition coefficient (Wildman–Crippen LogP) is 3.90. The molecule has 0 unspecified atom stereocenters. The summed E-state index contributed by atoms with van der Waals surface area (Å²) in [5.41, 5.74) is -0.871. The average Bonchev–Trinajstić information content (AvgIpc) is 3.58. The van der Waals surface area contributed by atoms with E-state index in [2.05, 4.69) is 18.1 Å². The van der Waals surface area contributed by atoms with Crippen LogP contribution in [-0.4, -0.2) is 88.1 Å². The van der Waals surface area contributed by atoms with Gasteiger partial charge in [-0.25, -0.2) is 4.79 Å². The number of aliphatic imine (C=N–C) groups is 1. The van der Waals surface area contributed by atoms with Crippen molar-refractivity contribution >= 4 is 12.2 Å². The van der Waals surface area contributed by atoms with Crippen LogP contribution in [0.3, 0.4) is 0 Å². The summed E-state index contributed by atoms with van der Waals surface area (Å²) in [5, 5.41) is 36.0. The number of hydrogen-bond acceptors (Lipinski definition) is 10. The first kappa shape index (κ1) is 32.3. The normalized spacial score (nSPS) is 47.2. The van der Waals surface area contributed by atoms with E-state index in [1.807, 2.05) is 19.1 Å². The van der Waals surface area contributed by atoms with Gasteiger partial charge in [0.05, 0.1) is 36.1 Å². The smallest absolute Gasteiger partial charge is 0.331 e. The molecule has 3 heterocycles. The Labute approximate surface area is 271 Å². The maximum atomic E-state index is 12.8. The molecule has 5 fully saturated rings. The van der Waals surface area contributed by atoms with E-state index in [1.165, 1.54) is 0 Å². The molecule has 10 heteroatoms. The summed E-state index contributed by atoms with van der Waals surface area (Å²) in [4.78, 5) is 21.1. The third-order valence-electron chi connectivity index (χ3n) is 13.3. The minimum absolute atomic E-state index is 0.00599. The van der Waals surface area contributed by atoms with E-state index in [1.54, 1.807) is 25.6 Å². The second kappa shape index (κ2) is 12.0. The van der Waals surface area contributed by atoms with Gasteiger partial charge in [-0.3, -0.25) is 9.98 Å². The quantitative estimate of drug-likeness (QED) is 0.231. The number of aromatic nitrogens is 1. The molecular weight excluding hydrogens is 588 g/mol. The second-order valence-corrected chi connectivity index (χ2v) is 15.2. The molecule has 252 valence electrons. The average molecular weight is 639 g/mol. The number of ether oxygens (including phenoxy) is 4. The van der Waals surface area contributed by atoms with Crippen LogP contribution in [-0.2, 0) is 30.3 Å². The van der Waals surface area contributed by atoms with Crippen LogP contribution in [0.1, 0.15) is 83.6 Å². The van der Waals surface area contributed by atoms with Gasteiger partial charge in [-0.1, -0.05) is 6.92 Å². The summed E-state index contributed by atoms with van der Waals surface area (Å²) in [5.74, 6) is -0.111. The number of carbonyl (C=O) groups excluding carboxylic acids is 1. The number of rotatable bonds is 7. The van der Waals surface area contributed by atoms with Gasteiger partial charge in [0, 0.05) is 55.5 Å². The fourth-order valence-corrected chi connectivity index (χ4v) is 10.8. The van der Waals surface area contributed by atoms with Crippen LogP contribution in [0.2, 0.25) is 0 Å². The number of nitrogens with zero attached hydrogens (tertiary/aromatic N) is 2. The predicted molar refractivity (Wildman–Crippen MR) is 169 cm³/mol. The Bertz CT molecular complexity index is 1360. The van der Waals surface area contributed by atoms with Gasteiger partial charge >= 0.3 is 5.97 Å². The summed E-state index contributed by atoms with van der Waals surface area (Å²) in [6.07, 6.45) is 11.8. The first-order chi connectivity index (χ1) is 22.0. The SMILES string of the molecule is CO[C@@H]1C[C@H](O[C@H]2CC[C@@]3(C=NCc4ccncc4)[C@@H]4CC[C@@]5(C)[C@H](C6=CC(=O)OC6)CC[C@]5(O)[C@@H]4CC[C@]3(O)C2)O[C@@H](C)[C@@H]1O. The topological polar surface area (TPSA) is 140 Å². The van der Waals surface area contributed by atoms with Crippen LogP contribution in [0, 0.1) is 28.6 Å². The summed E-state index contributed by atoms with van der Waals surface area (Å²) in [7, 11) is 1.60. The lowest BCUT2D eigenvalue weighted by Crippen LogP contribution is -2.69. The van der Waals surface area contributed by atoms with E-state index in [-0.39, 0.29) is 41.3 Å². The van der Waals surface area contributed by atoms with Gasteiger partial charge in [-0.05, 0) is 99.3 Å². The number of pyridine rings is 1. The molecule has 3 N–H and O–H groups in total. The molecule has 7 rings (SSSR count). The summed E-state index contributed by atoms with van der Waals surface area (Å²) in [6, 6.07) is 3.93. The van der Waals surface area contributed by atoms with E-state index in [9.17, 15) is 20.1 Å². The molecule has 10 nitrogen and oxygen atoms in total. The molecule has 0 bridgehead atoms. The first-order valence-corrected chi connectivity index (χ1v) is 17.3. The van der Waals surface area contributed by atoms with Crippen molar-refractivity contribution in [3.8, 4) is 0 Å². The molecule has 1 saturated heterocycles. The van der Waals surface area contributed by atoms with E-state index >= 15 is 0 Å². The largest absolute Gasteiger partial charge is 0.458 e. The number of aliphatic hydroxyl groups excluding tert-OH is 1. The Morgan fingerprint density at radius 3 is 2.61 bits per heavy atom. The lowest BCUT2D eigenvalue weighted by molar-refractivity contribution is -0.284. The van der Waals surface area contributed by atoms with Gasteiger partial charge in [0.2, 0.25) is 0 Å². The van der Waals surface area contributed by atoms with Crippen LogP contribution in [0.4, 0.5) is 0 Å². The molecule has 4 saturated carbocycles. The van der Waals surface area contributed by atoms with Crippen LogP contribution in [0.5, 0.6) is 0 Å². The number of cyclic esters (lactones) is 1. The molecule has 0 radical (unpaired) electrons. The van der Waals surface area contributed by atoms with Crippen molar-refractivity contribution in [3.05, 3.63) is 41.7 Å². The van der Waals surface area contributed by atoms with Crippen molar-refractivity contribution in [1.82, 2.24) is 4.98 Å². The highest BCUT2D eigenvalue weighted by atomic mass is 16.7. The van der Waals surface area contributed by atoms with Crippen LogP contribution in [0.15, 0.2) is 41.2 Å². The number of methoxy groups -OCH3 is 1. The number of hydrogen-bond donors (Lipinski definition) is 3. The number of carbonyl (C=O) groups is 1. The molecule has 6 aliphatic rings. The van der Waals surface area contributed by atoms with Crippen LogP contribution >= 0.6 is 0 Å². The summed E-state index contributed by atoms with van der Waals surface area (Å²) < 4.78 is 23.4. The van der Waals surface area contributed by atoms with Crippen LogP contribution < -0.4 is 0 Å². The number of fused-ring (bicyclic) bond motifs is 5. The third kappa shape index (κ3) is 5.10. The Morgan fingerprint density at radius 2 is 1.87 bits per heavy atom. The minimum Gasteiger partial charge on any atom is -0.458 e. The van der Waals surface area contributed by atoms with Gasteiger partial charge in [-0.2, -0.15) is 0 Å². The molecule has 1 aromatic rings. The van der Waals surface area contributed by atoms with Crippen molar-refractivity contribution in [2.45, 2.75) is 127 Å². The monoisotopic (exact) mass is 638 g/mol. The molecule has 0 aromatic carbocycles. The molecule has 1 aromatic heterocycles. The molecule has 0 amide bonds. The van der Waals surface area contributed by atoms with E-state index < -0.39 is 35.1 Å². The molecule has 12 atom stereocenters. The molecule has 2 aliphatic heterocycles. The Kier molecular flexibility index (Phi) is 8.46. The lowest BCUT2D eigenvalue weighted by Gasteiger charge is -2.66. The van der Waals surface area contributed by atoms with Crippen molar-refractivity contribution in [2.75, 3.05) is 13.7 Å². The lowest BCUT2D eigenvalue weighted by atomic mass is 9.41. The standard InChI is InChI=1S/C36H50N2O8/c1-22-32(40)29(43-3)17-31(45-22)46-25-4-11-34(21-38-19-23-8-14-37-15-9-23)27-5-10-33(2)26(24-16-30(39)44-20-24)7-13-36(33,42)28(27)6-12-35(34,41)18-25/h8-9,14-16,21-22,25-29,31-32,40-42H,4-7,10-13,17-20H2,1-3H3/t22-,25-,26-,27+,28+,29+,31-,32-,33-,34+,35-,36-/m0/s1. The van der Waals surface area contributed by atoms with Crippen LogP contribution in [0.25, 0.3) is 0 Å². The minimum atomic E-state index is -1.06. The molecule has 4 aliphatic carbocycles. The Morgan fingerprint density at radius 1 is 1.09 bits per heavy atom. The fraction of sp³-hybridized carbons (Fsp3) is 0.750. The van der Waals surface area contributed by atoms with Gasteiger partial charge in [0.1, 0.15) is 12.7 Å². The summed E-state index contributed by atoms with van der Waals surface area (Å²) >= 11 is 0. The highest BCUT2D eigenvalue weighted by Crippen LogP contribution is 2.70. The van der Waals surface area contributed by atoms with Gasteiger partial charge in [0.25, 0.3) is 0 Å². The van der Waals surface area contributed by atoms with E-state index in [0.717, 1.165) is 43.2 Å². The van der Waals surface area contributed by atoms with E-state index in [4.69, 9.17) is 23.9 Å².